The molecule has 6 heteroatoms. The van der Waals surface area contributed by atoms with E-state index in [2.05, 4.69) is 16.3 Å². The van der Waals surface area contributed by atoms with Crippen LogP contribution in [-0.2, 0) is 13.0 Å². The van der Waals surface area contributed by atoms with Crippen LogP contribution in [0.1, 0.15) is 11.1 Å². The second kappa shape index (κ2) is 5.39. The van der Waals surface area contributed by atoms with Gasteiger partial charge in [0.05, 0.1) is 10.9 Å². The first-order valence-electron chi connectivity index (χ1n) is 7.38. The maximum atomic E-state index is 13.2. The number of carbonyl (C=O) groups excluding carboxylic acids is 1. The topological polar surface area (TPSA) is 58.2 Å². The van der Waals surface area contributed by atoms with Gasteiger partial charge >= 0.3 is 6.09 Å². The summed E-state index contributed by atoms with van der Waals surface area (Å²) in [6, 6.07) is 12.2. The maximum Gasteiger partial charge on any atom is 0.416 e. The molecule has 2 heterocycles. The van der Waals surface area contributed by atoms with Crippen LogP contribution in [0.4, 0.5) is 9.18 Å². The number of carbonyl (C=O) groups is 1. The molecule has 2 aromatic carbocycles. The second-order valence-corrected chi connectivity index (χ2v) is 5.53. The molecule has 0 fully saturated rings. The van der Waals surface area contributed by atoms with Crippen molar-refractivity contribution >= 4 is 17.0 Å². The largest absolute Gasteiger partial charge is 0.416 e. The van der Waals surface area contributed by atoms with Crippen LogP contribution >= 0.6 is 0 Å². The van der Waals surface area contributed by atoms with Gasteiger partial charge in [0.25, 0.3) is 5.88 Å². The van der Waals surface area contributed by atoms with Crippen molar-refractivity contribution in [1.82, 2.24) is 15.1 Å². The highest BCUT2D eigenvalue weighted by atomic mass is 19.1. The predicted octanol–water partition coefficient (Wildman–Crippen LogP) is 3.26. The summed E-state index contributed by atoms with van der Waals surface area (Å²) in [5.74, 6) is -0.199. The van der Waals surface area contributed by atoms with Crippen LogP contribution in [0.25, 0.3) is 10.9 Å². The zero-order valence-corrected chi connectivity index (χ0v) is 12.3. The number of nitrogens with one attached hydrogen (secondary N) is 1. The minimum Gasteiger partial charge on any atom is -0.389 e. The molecule has 23 heavy (non-hydrogen) atoms. The maximum absolute atomic E-state index is 13.2. The summed E-state index contributed by atoms with van der Waals surface area (Å²) in [5, 5.41) is 7.20. The summed E-state index contributed by atoms with van der Waals surface area (Å²) < 4.78 is 18.6. The van der Waals surface area contributed by atoms with Crippen molar-refractivity contribution < 1.29 is 13.9 Å². The number of halogens is 1. The molecule has 3 aromatic rings. The summed E-state index contributed by atoms with van der Waals surface area (Å²) >= 11 is 0. The first-order valence-corrected chi connectivity index (χ1v) is 7.38. The van der Waals surface area contributed by atoms with Gasteiger partial charge in [0.1, 0.15) is 5.82 Å². The van der Waals surface area contributed by atoms with Crippen LogP contribution in [0.3, 0.4) is 0 Å². The number of fused-ring (bicyclic) bond motifs is 2. The normalized spacial score (nSPS) is 13.9. The molecule has 0 bridgehead atoms. The molecular formula is C17H14FN3O2. The molecule has 1 aliphatic heterocycles. The third kappa shape index (κ3) is 2.52. The van der Waals surface area contributed by atoms with Gasteiger partial charge in [-0.1, -0.05) is 24.3 Å². The average Bonchev–Trinajstić information content (AvgIpc) is 2.96. The van der Waals surface area contributed by atoms with Crippen molar-refractivity contribution in [2.45, 2.75) is 13.0 Å². The van der Waals surface area contributed by atoms with E-state index >= 15 is 0 Å². The molecule has 0 spiro atoms. The van der Waals surface area contributed by atoms with Crippen LogP contribution in [-0.4, -0.2) is 27.7 Å². The van der Waals surface area contributed by atoms with E-state index in [4.69, 9.17) is 4.74 Å². The van der Waals surface area contributed by atoms with E-state index < -0.39 is 6.09 Å². The van der Waals surface area contributed by atoms with Crippen molar-refractivity contribution in [3.8, 4) is 5.88 Å². The standard InChI is InChI=1S/C17H14FN3O2/c18-13-5-6-14-15(9-13)19-20-16(14)23-17(22)21-8-7-11-3-1-2-4-12(11)10-21/h1-6,9H,7-8,10H2,(H,19,20). The lowest BCUT2D eigenvalue weighted by molar-refractivity contribution is 0.145. The van der Waals surface area contributed by atoms with Crippen molar-refractivity contribution in [3.63, 3.8) is 0 Å². The Balaban J connectivity index is 1.54. The number of aromatic nitrogens is 2. The molecule has 0 aliphatic carbocycles. The number of nitrogens with zero attached hydrogens (tertiary/aromatic N) is 2. The molecule has 4 rings (SSSR count). The van der Waals surface area contributed by atoms with E-state index in [9.17, 15) is 9.18 Å². The van der Waals surface area contributed by atoms with Gasteiger partial charge in [-0.05, 0) is 35.7 Å². The second-order valence-electron chi connectivity index (χ2n) is 5.53. The van der Waals surface area contributed by atoms with E-state index in [1.807, 2.05) is 18.2 Å². The van der Waals surface area contributed by atoms with E-state index in [-0.39, 0.29) is 11.7 Å². The highest BCUT2D eigenvalue weighted by molar-refractivity contribution is 5.86. The lowest BCUT2D eigenvalue weighted by Crippen LogP contribution is -2.37. The predicted molar refractivity (Wildman–Crippen MR) is 82.6 cm³/mol. The fourth-order valence-electron chi connectivity index (χ4n) is 2.84. The van der Waals surface area contributed by atoms with Crippen LogP contribution in [0.5, 0.6) is 5.88 Å². The van der Waals surface area contributed by atoms with Crippen molar-refractivity contribution in [2.75, 3.05) is 6.54 Å². The monoisotopic (exact) mass is 311 g/mol. The SMILES string of the molecule is O=C(Oc1n[nH]c2cc(F)ccc12)N1CCc2ccccc2C1. The Kier molecular flexibility index (Phi) is 3.22. The van der Waals surface area contributed by atoms with Crippen LogP contribution in [0.15, 0.2) is 42.5 Å². The fourth-order valence-corrected chi connectivity index (χ4v) is 2.84. The third-order valence-electron chi connectivity index (χ3n) is 4.06. The number of ether oxygens (including phenoxy) is 1. The number of benzene rings is 2. The smallest absolute Gasteiger partial charge is 0.389 e. The summed E-state index contributed by atoms with van der Waals surface area (Å²) in [6.07, 6.45) is 0.356. The fraction of sp³-hybridized carbons (Fsp3) is 0.176. The lowest BCUT2D eigenvalue weighted by Gasteiger charge is -2.27. The molecule has 5 nitrogen and oxygen atoms in total. The highest BCUT2D eigenvalue weighted by Crippen LogP contribution is 2.25. The minimum absolute atomic E-state index is 0.170. The Hall–Kier alpha value is -2.89. The average molecular weight is 311 g/mol. The molecule has 1 aromatic heterocycles. The number of amides is 1. The van der Waals surface area contributed by atoms with E-state index in [0.717, 1.165) is 12.0 Å². The van der Waals surface area contributed by atoms with Crippen molar-refractivity contribution in [1.29, 1.82) is 0 Å². The van der Waals surface area contributed by atoms with Gasteiger partial charge in [-0.25, -0.2) is 9.18 Å². The molecule has 0 unspecified atom stereocenters. The summed E-state index contributed by atoms with van der Waals surface area (Å²) in [7, 11) is 0. The zero-order valence-electron chi connectivity index (χ0n) is 12.3. The van der Waals surface area contributed by atoms with Crippen LogP contribution in [0.2, 0.25) is 0 Å². The van der Waals surface area contributed by atoms with Gasteiger partial charge in [0.2, 0.25) is 0 Å². The molecule has 1 N–H and O–H groups in total. The van der Waals surface area contributed by atoms with Crippen LogP contribution < -0.4 is 4.74 Å². The number of aromatic amines is 1. The first kappa shape index (κ1) is 13.8. The van der Waals surface area contributed by atoms with Gasteiger partial charge in [-0.15, -0.1) is 5.10 Å². The quantitative estimate of drug-likeness (QED) is 0.750. The number of hydrogen-bond acceptors (Lipinski definition) is 3. The highest BCUT2D eigenvalue weighted by Gasteiger charge is 2.23. The molecule has 0 saturated carbocycles. The Morgan fingerprint density at radius 1 is 1.22 bits per heavy atom. The van der Waals surface area contributed by atoms with Crippen LogP contribution in [0, 0.1) is 5.82 Å². The van der Waals surface area contributed by atoms with Gasteiger partial charge in [-0.3, -0.25) is 5.10 Å². The molecule has 116 valence electrons. The Morgan fingerprint density at radius 3 is 2.91 bits per heavy atom. The third-order valence-corrected chi connectivity index (χ3v) is 4.06. The summed E-state index contributed by atoms with van der Waals surface area (Å²) in [4.78, 5) is 14.0. The molecule has 0 saturated heterocycles. The van der Waals surface area contributed by atoms with E-state index in [1.165, 1.54) is 17.7 Å². The van der Waals surface area contributed by atoms with Gasteiger partial charge in [0, 0.05) is 13.1 Å². The molecule has 1 amide bonds. The lowest BCUT2D eigenvalue weighted by atomic mass is 10.0. The number of H-pyrrole nitrogens is 1. The van der Waals surface area contributed by atoms with Gasteiger partial charge in [-0.2, -0.15) is 0 Å². The van der Waals surface area contributed by atoms with E-state index in [1.54, 1.807) is 11.0 Å². The molecule has 0 atom stereocenters. The number of rotatable bonds is 1. The molecule has 1 aliphatic rings. The summed E-state index contributed by atoms with van der Waals surface area (Å²) in [5.41, 5.74) is 2.89. The molecule has 0 radical (unpaired) electrons. The molecular weight excluding hydrogens is 297 g/mol. The zero-order chi connectivity index (χ0) is 15.8. The van der Waals surface area contributed by atoms with Gasteiger partial charge in [0.15, 0.2) is 0 Å². The van der Waals surface area contributed by atoms with Crippen molar-refractivity contribution in [2.24, 2.45) is 0 Å². The minimum atomic E-state index is -0.447. The Bertz CT molecular complexity index is 890. The number of hydrogen-bond donors (Lipinski definition) is 1. The Labute approximate surface area is 131 Å². The van der Waals surface area contributed by atoms with Crippen molar-refractivity contribution in [3.05, 3.63) is 59.4 Å². The first-order chi connectivity index (χ1) is 11.2. The summed E-state index contributed by atoms with van der Waals surface area (Å²) in [6.45, 7) is 1.12. The van der Waals surface area contributed by atoms with E-state index in [0.29, 0.717) is 24.0 Å². The Morgan fingerprint density at radius 2 is 2.04 bits per heavy atom. The van der Waals surface area contributed by atoms with Gasteiger partial charge < -0.3 is 9.64 Å².